The number of aliphatic hydroxyl groups excluding tert-OH is 1. The number of β-amino-alcohol motifs (C(OH)–C–C–N with tert-alkyl or cyclic N) is 1. The number of aryl methyl sites for hydroxylation is 3. The van der Waals surface area contributed by atoms with Crippen molar-refractivity contribution in [2.75, 3.05) is 24.6 Å². The van der Waals surface area contributed by atoms with E-state index < -0.39 is 17.7 Å². The summed E-state index contributed by atoms with van der Waals surface area (Å²) < 4.78 is 1.66. The third-order valence-electron chi connectivity index (χ3n) is 7.07. The quantitative estimate of drug-likeness (QED) is 0.276. The predicted molar refractivity (Wildman–Crippen MR) is 135 cm³/mol. The van der Waals surface area contributed by atoms with E-state index in [-0.39, 0.29) is 43.6 Å². The van der Waals surface area contributed by atoms with Gasteiger partial charge in [0, 0.05) is 32.4 Å². The highest BCUT2D eigenvalue weighted by Crippen LogP contribution is 2.34. The maximum atomic E-state index is 13.3. The highest BCUT2D eigenvalue weighted by Gasteiger charge is 2.42. The van der Waals surface area contributed by atoms with Crippen LogP contribution in [0.25, 0.3) is 22.2 Å². The first kappa shape index (κ1) is 23.9. The number of benzene rings is 1. The molecule has 0 saturated carbocycles. The van der Waals surface area contributed by atoms with Crippen molar-refractivity contribution < 1.29 is 15.0 Å². The minimum absolute atomic E-state index is 0.0146. The van der Waals surface area contributed by atoms with Gasteiger partial charge in [0.15, 0.2) is 11.5 Å². The standard InChI is InChI=1S/C24H31N9O3/c1-12-6-15-16(7-13(12)2)29-18(28-15)4-5-19(35)32-9-14(34)8-24(3,36)17(10-32)33-11-27-20-21(25)30-23(26)31-22(20)33/h6-7,11,14,17,34,36H,4-5,8-10H2,1-3H3,(H,28,29)(H4,25,26,30,31)/t14-,17+,24+/m0/s1. The van der Waals surface area contributed by atoms with Crippen molar-refractivity contribution in [3.8, 4) is 0 Å². The van der Waals surface area contributed by atoms with Crippen molar-refractivity contribution in [1.29, 1.82) is 0 Å². The number of likely N-dealkylation sites (tertiary alicyclic amines) is 1. The zero-order valence-electron chi connectivity index (χ0n) is 20.6. The molecule has 0 bridgehead atoms. The van der Waals surface area contributed by atoms with Crippen molar-refractivity contribution in [3.63, 3.8) is 0 Å². The van der Waals surface area contributed by atoms with Gasteiger partial charge in [0.1, 0.15) is 11.3 Å². The molecule has 1 amide bonds. The second-order valence-electron chi connectivity index (χ2n) is 9.96. The molecule has 1 aliphatic heterocycles. The number of anilines is 2. The van der Waals surface area contributed by atoms with Crippen LogP contribution in [0.15, 0.2) is 18.5 Å². The van der Waals surface area contributed by atoms with E-state index in [9.17, 15) is 15.0 Å². The van der Waals surface area contributed by atoms with Gasteiger partial charge in [-0.1, -0.05) is 0 Å². The molecule has 4 heterocycles. The Bertz CT molecular complexity index is 1420. The highest BCUT2D eigenvalue weighted by atomic mass is 16.3. The first-order chi connectivity index (χ1) is 17.0. The van der Waals surface area contributed by atoms with Crippen molar-refractivity contribution in [2.45, 2.75) is 57.8 Å². The van der Waals surface area contributed by atoms with Crippen LogP contribution in [0.3, 0.4) is 0 Å². The first-order valence-corrected chi connectivity index (χ1v) is 11.9. The number of imidazole rings is 2. The second kappa shape index (κ2) is 8.71. The Morgan fingerprint density at radius 1 is 1.19 bits per heavy atom. The van der Waals surface area contributed by atoms with Crippen LogP contribution >= 0.6 is 0 Å². The van der Waals surface area contributed by atoms with Gasteiger partial charge in [-0.3, -0.25) is 4.79 Å². The molecule has 190 valence electrons. The molecule has 3 atom stereocenters. The molecule has 5 rings (SSSR count). The number of H-pyrrole nitrogens is 1. The average Bonchev–Trinajstić information content (AvgIpc) is 3.35. The molecule has 3 aromatic heterocycles. The van der Waals surface area contributed by atoms with Gasteiger partial charge < -0.3 is 36.1 Å². The molecule has 12 nitrogen and oxygen atoms in total. The van der Waals surface area contributed by atoms with E-state index in [1.807, 2.05) is 19.9 Å². The smallest absolute Gasteiger partial charge is 0.224 e. The zero-order valence-corrected chi connectivity index (χ0v) is 20.6. The molecule has 0 aliphatic carbocycles. The van der Waals surface area contributed by atoms with Gasteiger partial charge >= 0.3 is 0 Å². The van der Waals surface area contributed by atoms with Crippen LogP contribution in [0.4, 0.5) is 11.8 Å². The molecule has 7 N–H and O–H groups in total. The third kappa shape index (κ3) is 4.33. The largest absolute Gasteiger partial charge is 0.391 e. The normalized spacial score (nSPS) is 22.9. The van der Waals surface area contributed by atoms with Crippen molar-refractivity contribution in [1.82, 2.24) is 34.4 Å². The summed E-state index contributed by atoms with van der Waals surface area (Å²) in [5.74, 6) is 0.695. The fourth-order valence-electron chi connectivity index (χ4n) is 5.01. The second-order valence-corrected chi connectivity index (χ2v) is 9.96. The molecule has 4 aromatic rings. The molecule has 12 heteroatoms. The lowest BCUT2D eigenvalue weighted by Gasteiger charge is -2.34. The molecule has 1 fully saturated rings. The van der Waals surface area contributed by atoms with E-state index in [0.29, 0.717) is 17.6 Å². The Hall–Kier alpha value is -3.77. The van der Waals surface area contributed by atoms with E-state index in [1.54, 1.807) is 16.4 Å². The monoisotopic (exact) mass is 493 g/mol. The van der Waals surface area contributed by atoms with Crippen molar-refractivity contribution in [3.05, 3.63) is 35.4 Å². The SMILES string of the molecule is Cc1cc2nc(CCC(=O)N3C[C@@H](O)C[C@@](C)(O)[C@H](n4cnc5c(N)nc(N)nc54)C3)[nH]c2cc1C. The predicted octanol–water partition coefficient (Wildman–Crippen LogP) is 1.00. The van der Waals surface area contributed by atoms with Crippen LogP contribution in [-0.2, 0) is 11.2 Å². The van der Waals surface area contributed by atoms with Crippen molar-refractivity contribution in [2.24, 2.45) is 0 Å². The Labute approximate surface area is 207 Å². The summed E-state index contributed by atoms with van der Waals surface area (Å²) in [6, 6.07) is 3.44. The van der Waals surface area contributed by atoms with Crippen molar-refractivity contribution >= 4 is 39.9 Å². The van der Waals surface area contributed by atoms with E-state index in [4.69, 9.17) is 11.5 Å². The van der Waals surface area contributed by atoms with Crippen LogP contribution in [0, 0.1) is 13.8 Å². The minimum atomic E-state index is -1.36. The summed E-state index contributed by atoms with van der Waals surface area (Å²) in [7, 11) is 0. The summed E-state index contributed by atoms with van der Waals surface area (Å²) >= 11 is 0. The number of nitrogens with two attached hydrogens (primary N) is 2. The molecular weight excluding hydrogens is 462 g/mol. The number of aromatic nitrogens is 6. The summed E-state index contributed by atoms with van der Waals surface area (Å²) in [4.78, 5) is 35.3. The van der Waals surface area contributed by atoms with Gasteiger partial charge in [-0.25, -0.2) is 9.97 Å². The Balaban J connectivity index is 1.39. The summed E-state index contributed by atoms with van der Waals surface area (Å²) in [6.45, 7) is 5.98. The number of hydrogen-bond donors (Lipinski definition) is 5. The zero-order chi connectivity index (χ0) is 25.8. The summed E-state index contributed by atoms with van der Waals surface area (Å²) in [6.07, 6.45) is 1.30. The van der Waals surface area contributed by atoms with Gasteiger partial charge in [0.25, 0.3) is 0 Å². The number of rotatable bonds is 4. The van der Waals surface area contributed by atoms with Crippen LogP contribution in [0.5, 0.6) is 0 Å². The number of nitrogen functional groups attached to an aromatic ring is 2. The fraction of sp³-hybridized carbons (Fsp3) is 0.458. The highest BCUT2D eigenvalue weighted by molar-refractivity contribution is 5.83. The van der Waals surface area contributed by atoms with E-state index in [2.05, 4.69) is 31.0 Å². The minimum Gasteiger partial charge on any atom is -0.391 e. The number of nitrogens with one attached hydrogen (secondary N) is 1. The molecule has 1 aromatic carbocycles. The number of aromatic amines is 1. The number of carbonyl (C=O) groups is 1. The van der Waals surface area contributed by atoms with E-state index >= 15 is 0 Å². The molecular formula is C24H31N9O3. The third-order valence-corrected chi connectivity index (χ3v) is 7.07. The molecule has 1 saturated heterocycles. The molecule has 36 heavy (non-hydrogen) atoms. The maximum absolute atomic E-state index is 13.3. The lowest BCUT2D eigenvalue weighted by atomic mass is 9.91. The molecule has 0 spiro atoms. The fourth-order valence-corrected chi connectivity index (χ4v) is 5.01. The number of carbonyl (C=O) groups excluding carboxylic acids is 1. The number of fused-ring (bicyclic) bond motifs is 2. The lowest BCUT2D eigenvalue weighted by Crippen LogP contribution is -2.42. The van der Waals surface area contributed by atoms with Gasteiger partial charge in [-0.15, -0.1) is 0 Å². The van der Waals surface area contributed by atoms with Crippen LogP contribution in [-0.4, -0.2) is 75.3 Å². The van der Waals surface area contributed by atoms with Gasteiger partial charge in [0.05, 0.1) is 35.1 Å². The van der Waals surface area contributed by atoms with Crippen LogP contribution < -0.4 is 11.5 Å². The molecule has 1 aliphatic rings. The Morgan fingerprint density at radius 2 is 1.94 bits per heavy atom. The first-order valence-electron chi connectivity index (χ1n) is 11.9. The molecule has 0 unspecified atom stereocenters. The van der Waals surface area contributed by atoms with Gasteiger partial charge in [-0.05, 0) is 44.0 Å². The summed E-state index contributed by atoms with van der Waals surface area (Å²) in [5, 5.41) is 22.0. The van der Waals surface area contributed by atoms with Gasteiger partial charge in [0.2, 0.25) is 11.9 Å². The van der Waals surface area contributed by atoms with Crippen LogP contribution in [0.2, 0.25) is 0 Å². The number of amides is 1. The van der Waals surface area contributed by atoms with Crippen LogP contribution in [0.1, 0.15) is 42.8 Å². The lowest BCUT2D eigenvalue weighted by molar-refractivity contribution is -0.132. The average molecular weight is 494 g/mol. The number of aliphatic hydroxyl groups is 2. The number of nitrogens with zero attached hydrogens (tertiary/aromatic N) is 6. The van der Waals surface area contributed by atoms with E-state index in [1.165, 1.54) is 11.9 Å². The number of hydrogen-bond acceptors (Lipinski definition) is 9. The molecule has 0 radical (unpaired) electrons. The van der Waals surface area contributed by atoms with Gasteiger partial charge in [-0.2, -0.15) is 9.97 Å². The summed E-state index contributed by atoms with van der Waals surface area (Å²) in [5.41, 5.74) is 15.3. The van der Waals surface area contributed by atoms with E-state index in [0.717, 1.165) is 22.4 Å². The topological polar surface area (TPSA) is 185 Å². The Morgan fingerprint density at radius 3 is 2.72 bits per heavy atom. The maximum Gasteiger partial charge on any atom is 0.224 e. The Kier molecular flexibility index (Phi) is 5.80.